The topological polar surface area (TPSA) is 53.6 Å². The van der Waals surface area contributed by atoms with Gasteiger partial charge in [-0.25, -0.2) is 4.98 Å². The van der Waals surface area contributed by atoms with Crippen LogP contribution in [0.25, 0.3) is 11.0 Å². The number of H-pyrrole nitrogens is 1. The molecule has 1 aliphatic rings. The lowest BCUT2D eigenvalue weighted by Gasteiger charge is -2.04. The van der Waals surface area contributed by atoms with E-state index in [4.69, 9.17) is 0 Å². The van der Waals surface area contributed by atoms with Gasteiger partial charge in [-0.05, 0) is 25.5 Å². The van der Waals surface area contributed by atoms with E-state index in [2.05, 4.69) is 20.3 Å². The second kappa shape index (κ2) is 3.06. The van der Waals surface area contributed by atoms with Gasteiger partial charge < -0.3 is 10.3 Å². The van der Waals surface area contributed by atoms with Crippen LogP contribution in [0.4, 0.5) is 0 Å². The number of imidazole rings is 1. The van der Waals surface area contributed by atoms with Crippen LogP contribution in [0.3, 0.4) is 0 Å². The van der Waals surface area contributed by atoms with E-state index >= 15 is 0 Å². The van der Waals surface area contributed by atoms with Gasteiger partial charge >= 0.3 is 0 Å². The lowest BCUT2D eigenvalue weighted by atomic mass is 10.2. The first-order valence-corrected chi connectivity index (χ1v) is 4.96. The third-order valence-corrected chi connectivity index (χ3v) is 2.69. The third-order valence-electron chi connectivity index (χ3n) is 2.69. The molecule has 0 radical (unpaired) electrons. The molecule has 0 aromatic carbocycles. The molecule has 1 fully saturated rings. The Morgan fingerprint density at radius 1 is 1.43 bits per heavy atom. The Hall–Kier alpha value is -1.42. The van der Waals surface area contributed by atoms with Crippen molar-refractivity contribution in [2.24, 2.45) is 0 Å². The largest absolute Gasteiger partial charge is 0.339 e. The van der Waals surface area contributed by atoms with E-state index in [1.807, 2.05) is 12.3 Å². The molecule has 2 aromatic rings. The van der Waals surface area contributed by atoms with Gasteiger partial charge in [-0.3, -0.25) is 4.98 Å². The summed E-state index contributed by atoms with van der Waals surface area (Å²) in [6, 6.07) is 2.34. The normalized spacial score (nSPS) is 21.9. The number of nitrogens with zero attached hydrogens (tertiary/aromatic N) is 2. The lowest BCUT2D eigenvalue weighted by Crippen LogP contribution is -2.13. The summed E-state index contributed by atoms with van der Waals surface area (Å²) in [4.78, 5) is 11.9. The van der Waals surface area contributed by atoms with Crippen LogP contribution < -0.4 is 5.32 Å². The molecule has 1 aliphatic heterocycles. The summed E-state index contributed by atoms with van der Waals surface area (Å²) in [5.74, 6) is 1.05. The lowest BCUT2D eigenvalue weighted by molar-refractivity contribution is 0.614. The molecule has 2 N–H and O–H groups in total. The summed E-state index contributed by atoms with van der Waals surface area (Å²) >= 11 is 0. The summed E-state index contributed by atoms with van der Waals surface area (Å²) in [5.41, 5.74) is 2.03. The summed E-state index contributed by atoms with van der Waals surface area (Å²) in [6.07, 6.45) is 6.00. The zero-order valence-corrected chi connectivity index (χ0v) is 7.83. The predicted octanol–water partition coefficient (Wildman–Crippen LogP) is 1.38. The average Bonchev–Trinajstić information content (AvgIpc) is 2.86. The molecule has 3 rings (SSSR count). The van der Waals surface area contributed by atoms with Crippen molar-refractivity contribution in [1.82, 2.24) is 20.3 Å². The number of hydrogen-bond donors (Lipinski definition) is 2. The van der Waals surface area contributed by atoms with Crippen molar-refractivity contribution in [2.45, 2.75) is 18.9 Å². The minimum Gasteiger partial charge on any atom is -0.339 e. The van der Waals surface area contributed by atoms with E-state index in [1.54, 1.807) is 6.20 Å². The van der Waals surface area contributed by atoms with Gasteiger partial charge in [0.15, 0.2) is 0 Å². The molecule has 2 aromatic heterocycles. The Kier molecular flexibility index (Phi) is 1.73. The molecule has 4 nitrogen and oxygen atoms in total. The molecule has 0 unspecified atom stereocenters. The fourth-order valence-electron chi connectivity index (χ4n) is 1.96. The van der Waals surface area contributed by atoms with Gasteiger partial charge in [-0.15, -0.1) is 0 Å². The SMILES string of the molecule is c1cc2nc([C@@H]3CCCN3)[nH]c2cn1. The number of aromatic nitrogens is 3. The van der Waals surface area contributed by atoms with Crippen LogP contribution >= 0.6 is 0 Å². The van der Waals surface area contributed by atoms with Crippen molar-refractivity contribution in [3.63, 3.8) is 0 Å². The average molecular weight is 188 g/mol. The van der Waals surface area contributed by atoms with Crippen molar-refractivity contribution < 1.29 is 0 Å². The third kappa shape index (κ3) is 1.19. The highest BCUT2D eigenvalue weighted by Gasteiger charge is 2.19. The molecule has 0 amide bonds. The molecule has 0 aliphatic carbocycles. The number of hydrogen-bond acceptors (Lipinski definition) is 3. The van der Waals surface area contributed by atoms with Crippen molar-refractivity contribution in [3.05, 3.63) is 24.3 Å². The minimum absolute atomic E-state index is 0.405. The molecular weight excluding hydrogens is 176 g/mol. The molecule has 1 atom stereocenters. The molecule has 72 valence electrons. The van der Waals surface area contributed by atoms with Crippen LogP contribution in [-0.4, -0.2) is 21.5 Å². The fourth-order valence-corrected chi connectivity index (χ4v) is 1.96. The summed E-state index contributed by atoms with van der Waals surface area (Å²) < 4.78 is 0. The molecule has 3 heterocycles. The van der Waals surface area contributed by atoms with E-state index in [9.17, 15) is 0 Å². The second-order valence-corrected chi connectivity index (χ2v) is 3.66. The fraction of sp³-hybridized carbons (Fsp3) is 0.400. The maximum Gasteiger partial charge on any atom is 0.124 e. The molecule has 4 heteroatoms. The summed E-state index contributed by atoms with van der Waals surface area (Å²) in [5, 5.41) is 3.42. The Bertz CT molecular complexity index is 409. The van der Waals surface area contributed by atoms with Gasteiger partial charge in [-0.1, -0.05) is 0 Å². The highest BCUT2D eigenvalue weighted by molar-refractivity contribution is 5.73. The zero-order chi connectivity index (χ0) is 9.38. The molecule has 14 heavy (non-hydrogen) atoms. The summed E-state index contributed by atoms with van der Waals surface area (Å²) in [7, 11) is 0. The number of aromatic amines is 1. The van der Waals surface area contributed by atoms with Gasteiger partial charge in [-0.2, -0.15) is 0 Å². The first-order chi connectivity index (χ1) is 6.93. The first kappa shape index (κ1) is 7.94. The van der Waals surface area contributed by atoms with Crippen LogP contribution in [-0.2, 0) is 0 Å². The molecule has 0 saturated carbocycles. The van der Waals surface area contributed by atoms with Crippen molar-refractivity contribution in [2.75, 3.05) is 6.54 Å². The quantitative estimate of drug-likeness (QED) is 0.711. The van der Waals surface area contributed by atoms with Crippen molar-refractivity contribution >= 4 is 11.0 Å². The van der Waals surface area contributed by atoms with E-state index in [-0.39, 0.29) is 0 Å². The van der Waals surface area contributed by atoms with E-state index in [0.29, 0.717) is 6.04 Å². The van der Waals surface area contributed by atoms with Gasteiger partial charge in [0.1, 0.15) is 5.82 Å². The smallest absolute Gasteiger partial charge is 0.124 e. The van der Waals surface area contributed by atoms with Gasteiger partial charge in [0, 0.05) is 6.20 Å². The Morgan fingerprint density at radius 2 is 2.43 bits per heavy atom. The van der Waals surface area contributed by atoms with Crippen LogP contribution in [0, 0.1) is 0 Å². The van der Waals surface area contributed by atoms with Crippen LogP contribution in [0.1, 0.15) is 24.7 Å². The Labute approximate surface area is 81.8 Å². The van der Waals surface area contributed by atoms with Crippen molar-refractivity contribution in [3.8, 4) is 0 Å². The number of nitrogens with one attached hydrogen (secondary N) is 2. The molecule has 1 saturated heterocycles. The Morgan fingerprint density at radius 3 is 3.21 bits per heavy atom. The highest BCUT2D eigenvalue weighted by atomic mass is 15.0. The van der Waals surface area contributed by atoms with E-state index < -0.39 is 0 Å². The second-order valence-electron chi connectivity index (χ2n) is 3.66. The molecular formula is C10H12N4. The molecule has 0 bridgehead atoms. The van der Waals surface area contributed by atoms with Gasteiger partial charge in [0.2, 0.25) is 0 Å². The van der Waals surface area contributed by atoms with Crippen LogP contribution in [0.15, 0.2) is 18.5 Å². The van der Waals surface area contributed by atoms with Gasteiger partial charge in [0.25, 0.3) is 0 Å². The monoisotopic (exact) mass is 188 g/mol. The highest BCUT2D eigenvalue weighted by Crippen LogP contribution is 2.22. The standard InChI is InChI=1S/C10H12N4/c1-2-8(12-4-1)10-13-7-3-5-11-6-9(7)14-10/h3,5-6,8,12H,1-2,4H2,(H,13,14)/t8-/m0/s1. The van der Waals surface area contributed by atoms with Crippen molar-refractivity contribution in [1.29, 1.82) is 0 Å². The van der Waals surface area contributed by atoms with Crippen LogP contribution in [0.5, 0.6) is 0 Å². The zero-order valence-electron chi connectivity index (χ0n) is 7.83. The van der Waals surface area contributed by atoms with E-state index in [1.165, 1.54) is 12.8 Å². The predicted molar refractivity (Wildman–Crippen MR) is 53.9 cm³/mol. The number of fused-ring (bicyclic) bond motifs is 1. The van der Waals surface area contributed by atoms with Gasteiger partial charge in [0.05, 0.1) is 23.3 Å². The number of rotatable bonds is 1. The summed E-state index contributed by atoms with van der Waals surface area (Å²) in [6.45, 7) is 1.10. The Balaban J connectivity index is 2.05. The first-order valence-electron chi connectivity index (χ1n) is 4.96. The van der Waals surface area contributed by atoms with Crippen LogP contribution in [0.2, 0.25) is 0 Å². The molecule has 0 spiro atoms. The number of pyridine rings is 1. The minimum atomic E-state index is 0.405. The maximum atomic E-state index is 4.54. The van der Waals surface area contributed by atoms with E-state index in [0.717, 1.165) is 23.4 Å². The maximum absolute atomic E-state index is 4.54.